The standard InChI is InChI=1S/C18H16O/c1-13(19)17-11-15-9-5-6-10-16(15)12-18(17)14-7-3-2-4-8-14/h2-13,19H,1H3. The van der Waals surface area contributed by atoms with Crippen molar-refractivity contribution in [3.8, 4) is 11.1 Å². The van der Waals surface area contributed by atoms with Crippen molar-refractivity contribution in [2.24, 2.45) is 0 Å². The fourth-order valence-corrected chi connectivity index (χ4v) is 2.47. The van der Waals surface area contributed by atoms with Crippen LogP contribution in [0.5, 0.6) is 0 Å². The predicted molar refractivity (Wildman–Crippen MR) is 80.0 cm³/mol. The van der Waals surface area contributed by atoms with E-state index in [4.69, 9.17) is 0 Å². The summed E-state index contributed by atoms with van der Waals surface area (Å²) in [6, 6.07) is 22.7. The summed E-state index contributed by atoms with van der Waals surface area (Å²) in [6.45, 7) is 1.82. The molecular weight excluding hydrogens is 232 g/mol. The number of benzene rings is 3. The highest BCUT2D eigenvalue weighted by Crippen LogP contribution is 2.32. The van der Waals surface area contributed by atoms with E-state index in [1.165, 1.54) is 5.39 Å². The van der Waals surface area contributed by atoms with Gasteiger partial charge < -0.3 is 5.11 Å². The molecule has 0 aliphatic rings. The first kappa shape index (κ1) is 11.9. The summed E-state index contributed by atoms with van der Waals surface area (Å²) >= 11 is 0. The second kappa shape index (κ2) is 4.87. The smallest absolute Gasteiger partial charge is 0.0768 e. The number of aliphatic hydroxyl groups excluding tert-OH is 1. The van der Waals surface area contributed by atoms with Gasteiger partial charge >= 0.3 is 0 Å². The summed E-state index contributed by atoms with van der Waals surface area (Å²) in [5.41, 5.74) is 3.23. The van der Waals surface area contributed by atoms with E-state index >= 15 is 0 Å². The van der Waals surface area contributed by atoms with Gasteiger partial charge in [0.15, 0.2) is 0 Å². The Morgan fingerprint density at radius 3 is 2.00 bits per heavy atom. The van der Waals surface area contributed by atoms with Crippen LogP contribution in [0.2, 0.25) is 0 Å². The minimum absolute atomic E-state index is 0.472. The number of rotatable bonds is 2. The van der Waals surface area contributed by atoms with Gasteiger partial charge in [0.2, 0.25) is 0 Å². The molecule has 0 fully saturated rings. The maximum atomic E-state index is 10.0. The normalized spacial score (nSPS) is 12.5. The van der Waals surface area contributed by atoms with Crippen molar-refractivity contribution in [1.82, 2.24) is 0 Å². The van der Waals surface area contributed by atoms with Gasteiger partial charge in [-0.1, -0.05) is 54.6 Å². The van der Waals surface area contributed by atoms with Crippen LogP contribution >= 0.6 is 0 Å². The van der Waals surface area contributed by atoms with E-state index in [1.807, 2.05) is 37.3 Å². The van der Waals surface area contributed by atoms with E-state index in [2.05, 4.69) is 36.4 Å². The van der Waals surface area contributed by atoms with Crippen LogP contribution in [0.3, 0.4) is 0 Å². The van der Waals surface area contributed by atoms with Crippen LogP contribution in [-0.4, -0.2) is 5.11 Å². The van der Waals surface area contributed by atoms with Crippen molar-refractivity contribution in [3.63, 3.8) is 0 Å². The van der Waals surface area contributed by atoms with Gasteiger partial charge in [-0.05, 0) is 46.5 Å². The molecule has 0 saturated heterocycles. The van der Waals surface area contributed by atoms with Gasteiger partial charge in [0.1, 0.15) is 0 Å². The summed E-state index contributed by atoms with van der Waals surface area (Å²) in [6.07, 6.45) is -0.472. The Hall–Kier alpha value is -2.12. The van der Waals surface area contributed by atoms with Crippen molar-refractivity contribution in [2.45, 2.75) is 13.0 Å². The van der Waals surface area contributed by atoms with Crippen molar-refractivity contribution in [3.05, 3.63) is 72.3 Å². The zero-order valence-corrected chi connectivity index (χ0v) is 10.9. The molecule has 0 radical (unpaired) electrons. The maximum Gasteiger partial charge on any atom is 0.0768 e. The molecule has 94 valence electrons. The number of aliphatic hydroxyl groups is 1. The summed E-state index contributed by atoms with van der Waals surface area (Å²) in [5.74, 6) is 0. The monoisotopic (exact) mass is 248 g/mol. The molecule has 0 aliphatic heterocycles. The van der Waals surface area contributed by atoms with Gasteiger partial charge in [-0.3, -0.25) is 0 Å². The molecule has 0 amide bonds. The summed E-state index contributed by atoms with van der Waals surface area (Å²) in [4.78, 5) is 0. The molecule has 1 N–H and O–H groups in total. The SMILES string of the molecule is CC(O)c1cc2ccccc2cc1-c1ccccc1. The van der Waals surface area contributed by atoms with E-state index in [-0.39, 0.29) is 0 Å². The van der Waals surface area contributed by atoms with Crippen molar-refractivity contribution >= 4 is 10.8 Å². The molecule has 1 unspecified atom stereocenters. The molecule has 1 heteroatoms. The highest BCUT2D eigenvalue weighted by atomic mass is 16.3. The van der Waals surface area contributed by atoms with Crippen LogP contribution in [0, 0.1) is 0 Å². The Labute approximate surface area is 113 Å². The van der Waals surface area contributed by atoms with Crippen LogP contribution in [0.1, 0.15) is 18.6 Å². The van der Waals surface area contributed by atoms with Gasteiger partial charge in [0.05, 0.1) is 6.10 Å². The molecule has 0 saturated carbocycles. The molecular formula is C18H16O. The Kier molecular flexibility index (Phi) is 3.06. The molecule has 3 aromatic rings. The van der Waals surface area contributed by atoms with Gasteiger partial charge in [-0.25, -0.2) is 0 Å². The lowest BCUT2D eigenvalue weighted by Gasteiger charge is -2.14. The quantitative estimate of drug-likeness (QED) is 0.705. The molecule has 1 atom stereocenters. The lowest BCUT2D eigenvalue weighted by molar-refractivity contribution is 0.200. The second-order valence-corrected chi connectivity index (χ2v) is 4.83. The van der Waals surface area contributed by atoms with Crippen LogP contribution in [0.4, 0.5) is 0 Å². The third-order valence-electron chi connectivity index (χ3n) is 3.45. The lowest BCUT2D eigenvalue weighted by Crippen LogP contribution is -1.95. The topological polar surface area (TPSA) is 20.2 Å². The van der Waals surface area contributed by atoms with Crippen LogP contribution in [-0.2, 0) is 0 Å². The fraction of sp³-hybridized carbons (Fsp3) is 0.111. The molecule has 3 rings (SSSR count). The van der Waals surface area contributed by atoms with Crippen LogP contribution in [0.15, 0.2) is 66.7 Å². The molecule has 3 aromatic carbocycles. The van der Waals surface area contributed by atoms with Crippen LogP contribution in [0.25, 0.3) is 21.9 Å². The minimum Gasteiger partial charge on any atom is -0.389 e. The van der Waals surface area contributed by atoms with Gasteiger partial charge in [-0.15, -0.1) is 0 Å². The van der Waals surface area contributed by atoms with Crippen molar-refractivity contribution < 1.29 is 5.11 Å². The third kappa shape index (κ3) is 2.25. The van der Waals surface area contributed by atoms with Crippen molar-refractivity contribution in [2.75, 3.05) is 0 Å². The third-order valence-corrected chi connectivity index (χ3v) is 3.45. The zero-order chi connectivity index (χ0) is 13.2. The van der Waals surface area contributed by atoms with E-state index in [0.717, 1.165) is 22.1 Å². The maximum absolute atomic E-state index is 10.0. The van der Waals surface area contributed by atoms with Crippen LogP contribution < -0.4 is 0 Å². The number of hydrogen-bond acceptors (Lipinski definition) is 1. The van der Waals surface area contributed by atoms with E-state index in [0.29, 0.717) is 0 Å². The molecule has 0 aliphatic carbocycles. The van der Waals surface area contributed by atoms with Crippen molar-refractivity contribution in [1.29, 1.82) is 0 Å². The molecule has 0 heterocycles. The molecule has 19 heavy (non-hydrogen) atoms. The van der Waals surface area contributed by atoms with E-state index in [1.54, 1.807) is 0 Å². The Balaban J connectivity index is 2.30. The first-order valence-corrected chi connectivity index (χ1v) is 6.52. The molecule has 1 nitrogen and oxygen atoms in total. The lowest BCUT2D eigenvalue weighted by atomic mass is 9.93. The number of fused-ring (bicyclic) bond motifs is 1. The first-order valence-electron chi connectivity index (χ1n) is 6.52. The van der Waals surface area contributed by atoms with E-state index in [9.17, 15) is 5.11 Å². The summed E-state index contributed by atoms with van der Waals surface area (Å²) in [5, 5.41) is 12.4. The highest BCUT2D eigenvalue weighted by Gasteiger charge is 2.11. The first-order chi connectivity index (χ1) is 9.25. The largest absolute Gasteiger partial charge is 0.389 e. The number of hydrogen-bond donors (Lipinski definition) is 1. The predicted octanol–water partition coefficient (Wildman–Crippen LogP) is 4.56. The van der Waals surface area contributed by atoms with Gasteiger partial charge in [0, 0.05) is 0 Å². The molecule has 0 aromatic heterocycles. The average Bonchev–Trinajstić information content (AvgIpc) is 2.46. The highest BCUT2D eigenvalue weighted by molar-refractivity contribution is 5.89. The molecule has 0 bridgehead atoms. The van der Waals surface area contributed by atoms with Gasteiger partial charge in [0.25, 0.3) is 0 Å². The van der Waals surface area contributed by atoms with E-state index < -0.39 is 6.10 Å². The second-order valence-electron chi connectivity index (χ2n) is 4.83. The zero-order valence-electron chi connectivity index (χ0n) is 10.9. The summed E-state index contributed by atoms with van der Waals surface area (Å²) in [7, 11) is 0. The Morgan fingerprint density at radius 2 is 1.37 bits per heavy atom. The Morgan fingerprint density at radius 1 is 0.789 bits per heavy atom. The average molecular weight is 248 g/mol. The summed E-state index contributed by atoms with van der Waals surface area (Å²) < 4.78 is 0. The fourth-order valence-electron chi connectivity index (χ4n) is 2.47. The minimum atomic E-state index is -0.472. The Bertz CT molecular complexity index is 699. The molecule has 0 spiro atoms. The van der Waals surface area contributed by atoms with Gasteiger partial charge in [-0.2, -0.15) is 0 Å².